The summed E-state index contributed by atoms with van der Waals surface area (Å²) in [4.78, 5) is -0.152. The van der Waals surface area contributed by atoms with Crippen LogP contribution in [0.1, 0.15) is 5.56 Å². The summed E-state index contributed by atoms with van der Waals surface area (Å²) >= 11 is 5.91. The van der Waals surface area contributed by atoms with Gasteiger partial charge in [0.2, 0.25) is 0 Å². The van der Waals surface area contributed by atoms with E-state index in [4.69, 9.17) is 27.0 Å². The lowest BCUT2D eigenvalue weighted by Crippen LogP contribution is -1.93. The molecule has 0 heterocycles. The number of hydrogen-bond acceptors (Lipinski definition) is 3. The Morgan fingerprint density at radius 3 is 2.40 bits per heavy atom. The zero-order valence-electron chi connectivity index (χ0n) is 10.2. The number of aryl methyl sites for hydroxylation is 1. The van der Waals surface area contributed by atoms with Gasteiger partial charge < -0.3 is 4.74 Å². The number of ether oxygens (including phenoxy) is 1. The van der Waals surface area contributed by atoms with Crippen molar-refractivity contribution in [2.24, 2.45) is 0 Å². The molecule has 0 aliphatic rings. The number of rotatable bonds is 3. The SMILES string of the molecule is Cc1ccc(F)c(Oc2ccc(S(=O)(=O)Cl)cc2Cl)c1. The van der Waals surface area contributed by atoms with Crippen molar-refractivity contribution in [2.45, 2.75) is 11.8 Å². The van der Waals surface area contributed by atoms with Crippen LogP contribution in [0.15, 0.2) is 41.3 Å². The minimum absolute atomic E-state index is 0.00776. The molecular formula is C13H9Cl2FO3S. The summed E-state index contributed by atoms with van der Waals surface area (Å²) in [5.41, 5.74) is 0.817. The predicted octanol–water partition coefficient (Wildman–Crippen LogP) is 4.51. The molecule has 0 atom stereocenters. The molecular weight excluding hydrogens is 326 g/mol. The Hall–Kier alpha value is -1.30. The molecule has 2 rings (SSSR count). The molecule has 2 aromatic rings. The van der Waals surface area contributed by atoms with Crippen LogP contribution in [-0.2, 0) is 9.05 Å². The fourth-order valence-electron chi connectivity index (χ4n) is 1.52. The molecule has 0 amide bonds. The molecule has 106 valence electrons. The van der Waals surface area contributed by atoms with Crippen LogP contribution in [0.3, 0.4) is 0 Å². The van der Waals surface area contributed by atoms with E-state index in [-0.39, 0.29) is 21.4 Å². The molecule has 0 bridgehead atoms. The van der Waals surface area contributed by atoms with Crippen molar-refractivity contribution in [3.05, 3.63) is 52.8 Å². The standard InChI is InChI=1S/C13H9Cl2FO3S/c1-8-2-4-11(16)13(6-8)19-12-5-3-9(7-10(12)14)20(15,17)18/h2-7H,1H3. The summed E-state index contributed by atoms with van der Waals surface area (Å²) in [5.74, 6) is -0.394. The van der Waals surface area contributed by atoms with Crippen molar-refractivity contribution in [3.63, 3.8) is 0 Å². The van der Waals surface area contributed by atoms with Crippen molar-refractivity contribution < 1.29 is 17.5 Å². The molecule has 0 radical (unpaired) electrons. The zero-order valence-corrected chi connectivity index (χ0v) is 12.6. The first-order valence-corrected chi connectivity index (χ1v) is 8.14. The van der Waals surface area contributed by atoms with Crippen molar-refractivity contribution >= 4 is 31.3 Å². The predicted molar refractivity (Wildman–Crippen MR) is 75.7 cm³/mol. The average molecular weight is 335 g/mol. The van der Waals surface area contributed by atoms with Gasteiger partial charge in [0, 0.05) is 10.7 Å². The second-order valence-corrected chi connectivity index (χ2v) is 7.04. The third kappa shape index (κ3) is 3.42. The first kappa shape index (κ1) is 15.1. The second kappa shape index (κ2) is 5.60. The lowest BCUT2D eigenvalue weighted by molar-refractivity contribution is 0.441. The lowest BCUT2D eigenvalue weighted by Gasteiger charge is -2.09. The van der Waals surface area contributed by atoms with Crippen molar-refractivity contribution in [1.29, 1.82) is 0 Å². The maximum Gasteiger partial charge on any atom is 0.261 e. The largest absolute Gasteiger partial charge is 0.453 e. The second-order valence-electron chi connectivity index (χ2n) is 4.07. The molecule has 0 fully saturated rings. The fourth-order valence-corrected chi connectivity index (χ4v) is 2.58. The summed E-state index contributed by atoms with van der Waals surface area (Å²) in [6, 6.07) is 8.09. The fraction of sp³-hybridized carbons (Fsp3) is 0.0769. The smallest absolute Gasteiger partial charge is 0.261 e. The molecule has 2 aromatic carbocycles. The van der Waals surface area contributed by atoms with Gasteiger partial charge in [-0.25, -0.2) is 12.8 Å². The molecule has 0 saturated heterocycles. The summed E-state index contributed by atoms with van der Waals surface area (Å²) in [7, 11) is 1.33. The first-order chi connectivity index (χ1) is 9.27. The summed E-state index contributed by atoms with van der Waals surface area (Å²) in [6.45, 7) is 1.79. The van der Waals surface area contributed by atoms with Gasteiger partial charge in [-0.05, 0) is 42.8 Å². The molecule has 0 aliphatic carbocycles. The molecule has 0 aromatic heterocycles. The highest BCUT2D eigenvalue weighted by atomic mass is 35.7. The molecule has 0 saturated carbocycles. The Morgan fingerprint density at radius 2 is 1.80 bits per heavy atom. The maximum absolute atomic E-state index is 13.6. The Kier molecular flexibility index (Phi) is 4.22. The number of hydrogen-bond donors (Lipinski definition) is 0. The van der Waals surface area contributed by atoms with Crippen molar-refractivity contribution in [2.75, 3.05) is 0 Å². The highest BCUT2D eigenvalue weighted by Crippen LogP contribution is 2.33. The highest BCUT2D eigenvalue weighted by Gasteiger charge is 2.14. The normalized spacial score (nSPS) is 11.4. The van der Waals surface area contributed by atoms with Crippen LogP contribution in [0.2, 0.25) is 5.02 Å². The Bertz CT molecular complexity index is 760. The van der Waals surface area contributed by atoms with E-state index in [2.05, 4.69) is 0 Å². The van der Waals surface area contributed by atoms with Crippen LogP contribution in [0.4, 0.5) is 4.39 Å². The Balaban J connectivity index is 2.38. The van der Waals surface area contributed by atoms with Crippen LogP contribution < -0.4 is 4.74 Å². The van der Waals surface area contributed by atoms with E-state index >= 15 is 0 Å². The van der Waals surface area contributed by atoms with Crippen LogP contribution >= 0.6 is 22.3 Å². The topological polar surface area (TPSA) is 43.4 Å². The lowest BCUT2D eigenvalue weighted by atomic mass is 10.2. The quantitative estimate of drug-likeness (QED) is 0.775. The van der Waals surface area contributed by atoms with Gasteiger partial charge in [0.1, 0.15) is 5.75 Å². The van der Waals surface area contributed by atoms with Crippen LogP contribution in [0.25, 0.3) is 0 Å². The minimum Gasteiger partial charge on any atom is -0.453 e. The van der Waals surface area contributed by atoms with Crippen LogP contribution in [0, 0.1) is 12.7 Å². The van der Waals surface area contributed by atoms with E-state index in [9.17, 15) is 12.8 Å². The van der Waals surface area contributed by atoms with Gasteiger partial charge >= 0.3 is 0 Å². The monoisotopic (exact) mass is 334 g/mol. The Labute approximate surface area is 125 Å². The van der Waals surface area contributed by atoms with Gasteiger partial charge in [-0.2, -0.15) is 0 Å². The van der Waals surface area contributed by atoms with E-state index in [1.54, 1.807) is 13.0 Å². The van der Waals surface area contributed by atoms with E-state index in [0.717, 1.165) is 11.6 Å². The van der Waals surface area contributed by atoms with Crippen LogP contribution in [0.5, 0.6) is 11.5 Å². The van der Waals surface area contributed by atoms with E-state index < -0.39 is 14.9 Å². The van der Waals surface area contributed by atoms with Crippen molar-refractivity contribution in [1.82, 2.24) is 0 Å². The highest BCUT2D eigenvalue weighted by molar-refractivity contribution is 8.13. The third-order valence-electron chi connectivity index (χ3n) is 2.49. The van der Waals surface area contributed by atoms with E-state index in [1.807, 2.05) is 0 Å². The van der Waals surface area contributed by atoms with Crippen LogP contribution in [-0.4, -0.2) is 8.42 Å². The molecule has 3 nitrogen and oxygen atoms in total. The molecule has 7 heteroatoms. The summed E-state index contributed by atoms with van der Waals surface area (Å²) < 4.78 is 41.2. The van der Waals surface area contributed by atoms with E-state index in [0.29, 0.717) is 0 Å². The minimum atomic E-state index is -3.87. The molecule has 0 aliphatic heterocycles. The molecule has 0 N–H and O–H groups in total. The molecule has 0 unspecified atom stereocenters. The third-order valence-corrected chi connectivity index (χ3v) is 4.14. The summed E-state index contributed by atoms with van der Waals surface area (Å²) in [5, 5.41) is 0.0210. The van der Waals surface area contributed by atoms with Gasteiger partial charge in [0.05, 0.1) is 9.92 Å². The van der Waals surface area contributed by atoms with Crippen molar-refractivity contribution in [3.8, 4) is 11.5 Å². The first-order valence-electron chi connectivity index (χ1n) is 5.45. The molecule has 0 spiro atoms. The van der Waals surface area contributed by atoms with Gasteiger partial charge in [0.25, 0.3) is 9.05 Å². The van der Waals surface area contributed by atoms with Gasteiger partial charge in [-0.1, -0.05) is 17.7 Å². The van der Waals surface area contributed by atoms with Gasteiger partial charge in [-0.15, -0.1) is 0 Å². The van der Waals surface area contributed by atoms with Gasteiger partial charge in [-0.3, -0.25) is 0 Å². The maximum atomic E-state index is 13.6. The average Bonchev–Trinajstić information content (AvgIpc) is 2.35. The number of halogens is 3. The Morgan fingerprint density at radius 1 is 1.10 bits per heavy atom. The zero-order chi connectivity index (χ0) is 14.9. The van der Waals surface area contributed by atoms with Gasteiger partial charge in [0.15, 0.2) is 11.6 Å². The summed E-state index contributed by atoms with van der Waals surface area (Å²) in [6.07, 6.45) is 0. The van der Waals surface area contributed by atoms with E-state index in [1.165, 1.54) is 24.3 Å². The number of benzene rings is 2. The molecule has 20 heavy (non-hydrogen) atoms.